The number of hydrogen-bond acceptors (Lipinski definition) is 3. The van der Waals surface area contributed by atoms with E-state index in [0.717, 1.165) is 25.7 Å². The number of nitrogens with one attached hydrogen (secondary N) is 1. The van der Waals surface area contributed by atoms with Gasteiger partial charge >= 0.3 is 0 Å². The Labute approximate surface area is 104 Å². The highest BCUT2D eigenvalue weighted by molar-refractivity contribution is 5.11. The van der Waals surface area contributed by atoms with Crippen LogP contribution in [-0.2, 0) is 4.74 Å². The normalized spacial score (nSPS) is 19.4. The first-order chi connectivity index (χ1) is 8.40. The highest BCUT2D eigenvalue weighted by Gasteiger charge is 2.20. The molecule has 0 aliphatic carbocycles. The first-order valence-corrected chi connectivity index (χ1v) is 6.73. The van der Waals surface area contributed by atoms with Gasteiger partial charge in [0.25, 0.3) is 0 Å². The standard InChI is InChI=1S/C14H23NO2/c1-2-6-15-14(13-5-9-17-11-13)10-12-3-7-16-8-4-12/h5,9,11-12,14-15H,2-4,6-8,10H2,1H3. The lowest BCUT2D eigenvalue weighted by Crippen LogP contribution is -2.26. The molecule has 2 heterocycles. The van der Waals surface area contributed by atoms with Crippen molar-refractivity contribution < 1.29 is 9.15 Å². The van der Waals surface area contributed by atoms with Gasteiger partial charge in [0, 0.05) is 24.8 Å². The molecule has 1 fully saturated rings. The van der Waals surface area contributed by atoms with Crippen LogP contribution in [0.5, 0.6) is 0 Å². The second-order valence-electron chi connectivity index (χ2n) is 4.85. The van der Waals surface area contributed by atoms with E-state index in [4.69, 9.17) is 9.15 Å². The molecule has 1 atom stereocenters. The van der Waals surface area contributed by atoms with E-state index in [9.17, 15) is 0 Å². The Hall–Kier alpha value is -0.800. The first-order valence-electron chi connectivity index (χ1n) is 6.73. The summed E-state index contributed by atoms with van der Waals surface area (Å²) in [6, 6.07) is 2.52. The minimum atomic E-state index is 0.441. The quantitative estimate of drug-likeness (QED) is 0.825. The third-order valence-electron chi connectivity index (χ3n) is 3.50. The van der Waals surface area contributed by atoms with Crippen LogP contribution in [0.2, 0.25) is 0 Å². The highest BCUT2D eigenvalue weighted by atomic mass is 16.5. The lowest BCUT2D eigenvalue weighted by Gasteiger charge is -2.26. The largest absolute Gasteiger partial charge is 0.472 e. The van der Waals surface area contributed by atoms with Gasteiger partial charge < -0.3 is 14.5 Å². The van der Waals surface area contributed by atoms with Crippen LogP contribution in [0.15, 0.2) is 23.0 Å². The van der Waals surface area contributed by atoms with Crippen LogP contribution in [0.1, 0.15) is 44.2 Å². The van der Waals surface area contributed by atoms with Gasteiger partial charge in [0.1, 0.15) is 0 Å². The van der Waals surface area contributed by atoms with Gasteiger partial charge in [-0.25, -0.2) is 0 Å². The molecule has 1 saturated heterocycles. The van der Waals surface area contributed by atoms with Gasteiger partial charge in [-0.15, -0.1) is 0 Å². The van der Waals surface area contributed by atoms with Gasteiger partial charge in [-0.3, -0.25) is 0 Å². The summed E-state index contributed by atoms with van der Waals surface area (Å²) in [6.45, 7) is 5.13. The molecule has 1 N–H and O–H groups in total. The molecule has 2 rings (SSSR count). The van der Waals surface area contributed by atoms with Crippen molar-refractivity contribution in [3.8, 4) is 0 Å². The van der Waals surface area contributed by atoms with Gasteiger partial charge in [-0.1, -0.05) is 6.92 Å². The van der Waals surface area contributed by atoms with Crippen molar-refractivity contribution in [1.29, 1.82) is 0 Å². The highest BCUT2D eigenvalue weighted by Crippen LogP contribution is 2.27. The average molecular weight is 237 g/mol. The molecular weight excluding hydrogens is 214 g/mol. The minimum absolute atomic E-state index is 0.441. The lowest BCUT2D eigenvalue weighted by molar-refractivity contribution is 0.0605. The van der Waals surface area contributed by atoms with Crippen LogP contribution in [0, 0.1) is 5.92 Å². The van der Waals surface area contributed by atoms with E-state index < -0.39 is 0 Å². The molecule has 1 unspecified atom stereocenters. The Morgan fingerprint density at radius 2 is 2.24 bits per heavy atom. The molecule has 3 heteroatoms. The molecule has 0 saturated carbocycles. The molecule has 0 bridgehead atoms. The van der Waals surface area contributed by atoms with E-state index in [2.05, 4.69) is 18.3 Å². The van der Waals surface area contributed by atoms with Crippen molar-refractivity contribution in [2.75, 3.05) is 19.8 Å². The molecule has 0 radical (unpaired) electrons. The number of hydrogen-bond donors (Lipinski definition) is 1. The molecule has 0 spiro atoms. The van der Waals surface area contributed by atoms with Crippen molar-refractivity contribution >= 4 is 0 Å². The Morgan fingerprint density at radius 1 is 1.41 bits per heavy atom. The van der Waals surface area contributed by atoms with E-state index in [1.165, 1.54) is 31.2 Å². The van der Waals surface area contributed by atoms with Crippen LogP contribution >= 0.6 is 0 Å². The number of rotatable bonds is 6. The molecule has 1 aliphatic rings. The van der Waals surface area contributed by atoms with Crippen molar-refractivity contribution in [2.45, 2.75) is 38.6 Å². The fourth-order valence-corrected chi connectivity index (χ4v) is 2.44. The number of ether oxygens (including phenoxy) is 1. The van der Waals surface area contributed by atoms with Crippen molar-refractivity contribution in [3.05, 3.63) is 24.2 Å². The fraction of sp³-hybridized carbons (Fsp3) is 0.714. The summed E-state index contributed by atoms with van der Waals surface area (Å²) >= 11 is 0. The van der Waals surface area contributed by atoms with Gasteiger partial charge in [-0.05, 0) is 44.2 Å². The molecule has 1 aromatic heterocycles. The van der Waals surface area contributed by atoms with E-state index in [1.54, 1.807) is 6.26 Å². The second kappa shape index (κ2) is 6.82. The van der Waals surface area contributed by atoms with Crippen molar-refractivity contribution in [1.82, 2.24) is 5.32 Å². The van der Waals surface area contributed by atoms with Crippen molar-refractivity contribution in [2.24, 2.45) is 5.92 Å². The zero-order valence-electron chi connectivity index (χ0n) is 10.7. The Morgan fingerprint density at radius 3 is 2.88 bits per heavy atom. The molecule has 3 nitrogen and oxygen atoms in total. The minimum Gasteiger partial charge on any atom is -0.472 e. The smallest absolute Gasteiger partial charge is 0.0950 e. The third kappa shape index (κ3) is 3.86. The SMILES string of the molecule is CCCNC(CC1CCOCC1)c1ccoc1. The molecule has 17 heavy (non-hydrogen) atoms. The van der Waals surface area contributed by atoms with Crippen LogP contribution in [0.3, 0.4) is 0 Å². The lowest BCUT2D eigenvalue weighted by atomic mass is 9.90. The van der Waals surface area contributed by atoms with E-state index in [0.29, 0.717) is 6.04 Å². The average Bonchev–Trinajstić information content (AvgIpc) is 2.89. The molecular formula is C14H23NO2. The summed E-state index contributed by atoms with van der Waals surface area (Å²) in [6.07, 6.45) is 8.39. The molecule has 0 amide bonds. The maximum absolute atomic E-state index is 5.41. The predicted molar refractivity (Wildman–Crippen MR) is 67.9 cm³/mol. The fourth-order valence-electron chi connectivity index (χ4n) is 2.44. The summed E-state index contributed by atoms with van der Waals surface area (Å²) in [5, 5.41) is 3.62. The zero-order chi connectivity index (χ0) is 11.9. The topological polar surface area (TPSA) is 34.4 Å². The van der Waals surface area contributed by atoms with E-state index in [-0.39, 0.29) is 0 Å². The molecule has 0 aromatic carbocycles. The summed E-state index contributed by atoms with van der Waals surface area (Å²) in [4.78, 5) is 0. The summed E-state index contributed by atoms with van der Waals surface area (Å²) in [5.41, 5.74) is 1.28. The van der Waals surface area contributed by atoms with Gasteiger partial charge in [0.05, 0.1) is 12.5 Å². The third-order valence-corrected chi connectivity index (χ3v) is 3.50. The van der Waals surface area contributed by atoms with E-state index in [1.807, 2.05) is 6.26 Å². The van der Waals surface area contributed by atoms with Crippen LogP contribution in [0.25, 0.3) is 0 Å². The monoisotopic (exact) mass is 237 g/mol. The molecule has 1 aliphatic heterocycles. The van der Waals surface area contributed by atoms with Gasteiger partial charge in [-0.2, -0.15) is 0 Å². The first kappa shape index (κ1) is 12.7. The molecule has 96 valence electrons. The predicted octanol–water partition coefficient (Wildman–Crippen LogP) is 3.14. The Bertz CT molecular complexity index is 291. The zero-order valence-corrected chi connectivity index (χ0v) is 10.7. The summed E-state index contributed by atoms with van der Waals surface area (Å²) in [7, 11) is 0. The Kier molecular flexibility index (Phi) is 5.08. The van der Waals surface area contributed by atoms with Crippen LogP contribution in [0.4, 0.5) is 0 Å². The van der Waals surface area contributed by atoms with E-state index >= 15 is 0 Å². The maximum atomic E-state index is 5.41. The Balaban J connectivity index is 1.90. The van der Waals surface area contributed by atoms with Gasteiger partial charge in [0.15, 0.2) is 0 Å². The number of furan rings is 1. The van der Waals surface area contributed by atoms with Gasteiger partial charge in [0.2, 0.25) is 0 Å². The van der Waals surface area contributed by atoms with Crippen LogP contribution < -0.4 is 5.32 Å². The van der Waals surface area contributed by atoms with Crippen LogP contribution in [-0.4, -0.2) is 19.8 Å². The molecule has 1 aromatic rings. The van der Waals surface area contributed by atoms with Crippen molar-refractivity contribution in [3.63, 3.8) is 0 Å². The maximum Gasteiger partial charge on any atom is 0.0950 e. The second-order valence-corrected chi connectivity index (χ2v) is 4.85. The summed E-state index contributed by atoms with van der Waals surface area (Å²) < 4.78 is 10.6. The summed E-state index contributed by atoms with van der Waals surface area (Å²) in [5.74, 6) is 0.785.